The Kier molecular flexibility index (Phi) is 2.37. The van der Waals surface area contributed by atoms with E-state index in [0.29, 0.717) is 10.8 Å². The van der Waals surface area contributed by atoms with E-state index in [9.17, 15) is 0 Å². The van der Waals surface area contributed by atoms with Gasteiger partial charge in [-0.25, -0.2) is 4.68 Å². The van der Waals surface area contributed by atoms with Gasteiger partial charge in [0.05, 0.1) is 19.5 Å². The number of aromatic nitrogens is 3. The molecule has 0 saturated carbocycles. The first kappa shape index (κ1) is 9.02. The first-order valence-corrected chi connectivity index (χ1v) is 4.39. The standard InChI is InChI=1S/C9H8ClN3O/c1-14-9-3-2-7(10)6-8(9)13-5-4-11-12-13/h2-6H,1H3. The summed E-state index contributed by atoms with van der Waals surface area (Å²) in [6.07, 6.45) is 3.33. The van der Waals surface area contributed by atoms with E-state index in [1.807, 2.05) is 0 Å². The molecule has 5 heteroatoms. The molecule has 1 heterocycles. The van der Waals surface area contributed by atoms with Crippen LogP contribution >= 0.6 is 11.6 Å². The number of ether oxygens (including phenoxy) is 1. The summed E-state index contributed by atoms with van der Waals surface area (Å²) in [5.41, 5.74) is 0.775. The molecule has 2 rings (SSSR count). The first-order valence-electron chi connectivity index (χ1n) is 4.01. The van der Waals surface area contributed by atoms with Gasteiger partial charge in [-0.2, -0.15) is 0 Å². The van der Waals surface area contributed by atoms with Crippen LogP contribution in [0.25, 0.3) is 5.69 Å². The van der Waals surface area contributed by atoms with Gasteiger partial charge in [-0.05, 0) is 18.2 Å². The van der Waals surface area contributed by atoms with Crippen molar-refractivity contribution in [1.82, 2.24) is 15.0 Å². The summed E-state index contributed by atoms with van der Waals surface area (Å²) in [5, 5.41) is 8.22. The van der Waals surface area contributed by atoms with Crippen molar-refractivity contribution in [1.29, 1.82) is 0 Å². The highest BCUT2D eigenvalue weighted by Gasteiger charge is 2.05. The van der Waals surface area contributed by atoms with Crippen LogP contribution in [0.4, 0.5) is 0 Å². The van der Waals surface area contributed by atoms with Crippen LogP contribution in [0.15, 0.2) is 30.6 Å². The number of halogens is 1. The van der Waals surface area contributed by atoms with Gasteiger partial charge in [0.2, 0.25) is 0 Å². The number of hydrogen-bond donors (Lipinski definition) is 0. The summed E-state index contributed by atoms with van der Waals surface area (Å²) in [7, 11) is 1.60. The topological polar surface area (TPSA) is 39.9 Å². The van der Waals surface area contributed by atoms with Crippen LogP contribution in [0, 0.1) is 0 Å². The fourth-order valence-corrected chi connectivity index (χ4v) is 1.35. The van der Waals surface area contributed by atoms with E-state index < -0.39 is 0 Å². The van der Waals surface area contributed by atoms with Crippen molar-refractivity contribution >= 4 is 11.6 Å². The molecule has 0 saturated heterocycles. The van der Waals surface area contributed by atoms with E-state index in [1.165, 1.54) is 0 Å². The van der Waals surface area contributed by atoms with E-state index in [0.717, 1.165) is 5.69 Å². The Morgan fingerprint density at radius 3 is 2.93 bits per heavy atom. The first-order chi connectivity index (χ1) is 6.81. The molecule has 0 spiro atoms. The van der Waals surface area contributed by atoms with E-state index in [2.05, 4.69) is 10.3 Å². The minimum absolute atomic E-state index is 0.635. The third-order valence-corrected chi connectivity index (χ3v) is 2.05. The molecule has 0 bridgehead atoms. The molecule has 0 amide bonds. The van der Waals surface area contributed by atoms with Gasteiger partial charge in [-0.15, -0.1) is 5.10 Å². The van der Waals surface area contributed by atoms with Crippen molar-refractivity contribution in [2.45, 2.75) is 0 Å². The lowest BCUT2D eigenvalue weighted by Gasteiger charge is -2.07. The zero-order valence-electron chi connectivity index (χ0n) is 7.51. The molecule has 1 aromatic heterocycles. The second kappa shape index (κ2) is 3.67. The molecule has 2 aromatic rings. The second-order valence-corrected chi connectivity index (χ2v) is 3.10. The van der Waals surface area contributed by atoms with Crippen molar-refractivity contribution < 1.29 is 4.74 Å². The normalized spacial score (nSPS) is 10.1. The summed E-state index contributed by atoms with van der Waals surface area (Å²) in [4.78, 5) is 0. The van der Waals surface area contributed by atoms with Crippen LogP contribution in [0.3, 0.4) is 0 Å². The molecule has 0 atom stereocenters. The highest BCUT2D eigenvalue weighted by Crippen LogP contribution is 2.25. The third-order valence-electron chi connectivity index (χ3n) is 1.81. The predicted octanol–water partition coefficient (Wildman–Crippen LogP) is 1.93. The molecular formula is C9H8ClN3O. The molecule has 14 heavy (non-hydrogen) atoms. The summed E-state index contributed by atoms with van der Waals surface area (Å²) in [6.45, 7) is 0. The highest BCUT2D eigenvalue weighted by atomic mass is 35.5. The van der Waals surface area contributed by atoms with Gasteiger partial charge < -0.3 is 4.74 Å². The number of methoxy groups -OCH3 is 1. The van der Waals surface area contributed by atoms with Crippen molar-refractivity contribution in [3.63, 3.8) is 0 Å². The summed E-state index contributed by atoms with van der Waals surface area (Å²) >= 11 is 5.87. The fourth-order valence-electron chi connectivity index (χ4n) is 1.18. The molecule has 0 aliphatic heterocycles. The van der Waals surface area contributed by atoms with Gasteiger partial charge in [0.1, 0.15) is 11.4 Å². The Balaban J connectivity index is 2.55. The van der Waals surface area contributed by atoms with Crippen LogP contribution in [0.5, 0.6) is 5.75 Å². The van der Waals surface area contributed by atoms with Gasteiger partial charge >= 0.3 is 0 Å². The number of hydrogen-bond acceptors (Lipinski definition) is 3. The lowest BCUT2D eigenvalue weighted by molar-refractivity contribution is 0.411. The number of rotatable bonds is 2. The van der Waals surface area contributed by atoms with Crippen LogP contribution < -0.4 is 4.74 Å². The van der Waals surface area contributed by atoms with Gasteiger partial charge in [0.15, 0.2) is 0 Å². The molecule has 1 aromatic carbocycles. The Morgan fingerprint density at radius 2 is 2.29 bits per heavy atom. The highest BCUT2D eigenvalue weighted by molar-refractivity contribution is 6.30. The SMILES string of the molecule is COc1ccc(Cl)cc1-n1ccnn1. The average molecular weight is 210 g/mol. The molecule has 0 radical (unpaired) electrons. The van der Waals surface area contributed by atoms with E-state index >= 15 is 0 Å². The van der Waals surface area contributed by atoms with Gasteiger partial charge in [-0.1, -0.05) is 16.8 Å². The lowest BCUT2D eigenvalue weighted by Crippen LogP contribution is -1.98. The minimum Gasteiger partial charge on any atom is -0.494 e. The van der Waals surface area contributed by atoms with E-state index in [1.54, 1.807) is 42.4 Å². The lowest BCUT2D eigenvalue weighted by atomic mass is 10.3. The summed E-state index contributed by atoms with van der Waals surface area (Å²) in [6, 6.07) is 5.33. The van der Waals surface area contributed by atoms with Crippen molar-refractivity contribution in [2.75, 3.05) is 7.11 Å². The Labute approximate surface area is 86.1 Å². The smallest absolute Gasteiger partial charge is 0.144 e. The zero-order valence-corrected chi connectivity index (χ0v) is 8.27. The molecular weight excluding hydrogens is 202 g/mol. The fraction of sp³-hybridized carbons (Fsp3) is 0.111. The van der Waals surface area contributed by atoms with Crippen LogP contribution in [-0.2, 0) is 0 Å². The van der Waals surface area contributed by atoms with Gasteiger partial charge in [-0.3, -0.25) is 0 Å². The molecule has 0 unspecified atom stereocenters. The molecule has 4 nitrogen and oxygen atoms in total. The maximum atomic E-state index is 5.87. The minimum atomic E-state index is 0.635. The maximum absolute atomic E-state index is 5.87. The maximum Gasteiger partial charge on any atom is 0.144 e. The quantitative estimate of drug-likeness (QED) is 0.759. The predicted molar refractivity (Wildman–Crippen MR) is 52.9 cm³/mol. The third kappa shape index (κ3) is 1.56. The van der Waals surface area contributed by atoms with E-state index in [-0.39, 0.29) is 0 Å². The Morgan fingerprint density at radius 1 is 1.43 bits per heavy atom. The second-order valence-electron chi connectivity index (χ2n) is 2.66. The zero-order chi connectivity index (χ0) is 9.97. The Hall–Kier alpha value is -1.55. The molecule has 0 aliphatic rings. The molecule has 0 N–H and O–H groups in total. The monoisotopic (exact) mass is 209 g/mol. The van der Waals surface area contributed by atoms with Crippen LogP contribution in [0.2, 0.25) is 5.02 Å². The van der Waals surface area contributed by atoms with Crippen molar-refractivity contribution in [3.05, 3.63) is 35.6 Å². The summed E-state index contributed by atoms with van der Waals surface area (Å²) in [5.74, 6) is 0.708. The summed E-state index contributed by atoms with van der Waals surface area (Å²) < 4.78 is 6.78. The molecule has 0 fully saturated rings. The van der Waals surface area contributed by atoms with Crippen molar-refractivity contribution in [2.24, 2.45) is 0 Å². The van der Waals surface area contributed by atoms with Gasteiger partial charge in [0.25, 0.3) is 0 Å². The largest absolute Gasteiger partial charge is 0.494 e. The van der Waals surface area contributed by atoms with E-state index in [4.69, 9.17) is 16.3 Å². The average Bonchev–Trinajstić information content (AvgIpc) is 2.70. The molecule has 72 valence electrons. The molecule has 0 aliphatic carbocycles. The van der Waals surface area contributed by atoms with Crippen LogP contribution in [-0.4, -0.2) is 22.1 Å². The number of nitrogens with zero attached hydrogens (tertiary/aromatic N) is 3. The van der Waals surface area contributed by atoms with Gasteiger partial charge in [0, 0.05) is 5.02 Å². The van der Waals surface area contributed by atoms with Crippen LogP contribution in [0.1, 0.15) is 0 Å². The number of benzene rings is 1. The Bertz CT molecular complexity index is 428. The van der Waals surface area contributed by atoms with Crippen molar-refractivity contribution in [3.8, 4) is 11.4 Å².